The molecule has 0 unspecified atom stereocenters. The highest BCUT2D eigenvalue weighted by atomic mass is 32.1. The number of rotatable bonds is 2. The van der Waals surface area contributed by atoms with Gasteiger partial charge in [-0.1, -0.05) is 24.3 Å². The van der Waals surface area contributed by atoms with Crippen molar-refractivity contribution >= 4 is 22.3 Å². The van der Waals surface area contributed by atoms with E-state index in [1.54, 1.807) is 11.4 Å². The van der Waals surface area contributed by atoms with Crippen LogP contribution in [0.3, 0.4) is 0 Å². The number of hydrogen-bond donors (Lipinski definition) is 1. The molecule has 2 aromatic rings. The normalized spacial score (nSPS) is 10.2. The molecule has 0 aliphatic carbocycles. The van der Waals surface area contributed by atoms with Crippen LogP contribution in [0.5, 0.6) is 0 Å². The number of carbonyl (C=O) groups excluding carboxylic acids is 1. The zero-order valence-corrected chi connectivity index (χ0v) is 9.04. The molecule has 2 rings (SSSR count). The van der Waals surface area contributed by atoms with Crippen molar-refractivity contribution in [3.05, 3.63) is 46.5 Å². The number of nitrogens with two attached hydrogens (primary N) is 1. The van der Waals surface area contributed by atoms with Gasteiger partial charge >= 0.3 is 0 Å². The molecule has 0 saturated heterocycles. The molecule has 0 saturated carbocycles. The predicted octanol–water partition coefficient (Wildman–Crippen LogP) is 2.26. The highest BCUT2D eigenvalue weighted by Gasteiger charge is 2.13. The molecule has 1 aromatic heterocycles. The molecule has 0 spiro atoms. The van der Waals surface area contributed by atoms with E-state index in [1.807, 2.05) is 25.1 Å². The first-order chi connectivity index (χ1) is 7.18. The maximum absolute atomic E-state index is 12.0. The number of aryl methyl sites for hydroxylation is 1. The fourth-order valence-electron chi connectivity index (χ4n) is 1.36. The molecule has 0 aliphatic heterocycles. The van der Waals surface area contributed by atoms with E-state index in [-0.39, 0.29) is 5.78 Å². The van der Waals surface area contributed by atoms with Crippen molar-refractivity contribution in [2.75, 3.05) is 5.73 Å². The Bertz CT molecular complexity index is 505. The van der Waals surface area contributed by atoms with Crippen LogP contribution in [0.4, 0.5) is 5.13 Å². The molecule has 0 aliphatic rings. The molecule has 0 bridgehead atoms. The maximum atomic E-state index is 12.0. The number of ketones is 1. The number of benzene rings is 1. The minimum atomic E-state index is -0.0685. The number of nitrogens with zero attached hydrogens (tertiary/aromatic N) is 1. The summed E-state index contributed by atoms with van der Waals surface area (Å²) in [4.78, 5) is 15.9. The summed E-state index contributed by atoms with van der Waals surface area (Å²) in [7, 11) is 0. The molecule has 2 N–H and O–H groups in total. The van der Waals surface area contributed by atoms with Crippen LogP contribution in [0.15, 0.2) is 29.6 Å². The summed E-state index contributed by atoms with van der Waals surface area (Å²) in [6.07, 6.45) is 0. The minimum Gasteiger partial charge on any atom is -0.375 e. The molecular formula is C11H10N2OS. The predicted molar refractivity (Wildman–Crippen MR) is 61.1 cm³/mol. The molecule has 15 heavy (non-hydrogen) atoms. The van der Waals surface area contributed by atoms with Crippen LogP contribution in [0.25, 0.3) is 0 Å². The average Bonchev–Trinajstić information content (AvgIpc) is 2.65. The van der Waals surface area contributed by atoms with Gasteiger partial charge in [0, 0.05) is 10.9 Å². The smallest absolute Gasteiger partial charge is 0.212 e. The summed E-state index contributed by atoms with van der Waals surface area (Å²) in [6.45, 7) is 1.91. The van der Waals surface area contributed by atoms with Crippen molar-refractivity contribution in [1.29, 1.82) is 0 Å². The van der Waals surface area contributed by atoms with Gasteiger partial charge < -0.3 is 5.73 Å². The minimum absolute atomic E-state index is 0.0685. The van der Waals surface area contributed by atoms with E-state index in [0.717, 1.165) is 5.56 Å². The molecule has 0 atom stereocenters. The van der Waals surface area contributed by atoms with E-state index < -0.39 is 0 Å². The Morgan fingerprint density at radius 2 is 2.13 bits per heavy atom. The van der Waals surface area contributed by atoms with Crippen LogP contribution in [0.1, 0.15) is 21.6 Å². The first kappa shape index (κ1) is 9.86. The van der Waals surface area contributed by atoms with Gasteiger partial charge in [0.15, 0.2) is 5.13 Å². The first-order valence-corrected chi connectivity index (χ1v) is 5.38. The number of aromatic nitrogens is 1. The number of nitrogen functional groups attached to an aromatic ring is 1. The Morgan fingerprint density at radius 3 is 2.73 bits per heavy atom. The van der Waals surface area contributed by atoms with Gasteiger partial charge in [0.1, 0.15) is 5.69 Å². The lowest BCUT2D eigenvalue weighted by molar-refractivity contribution is 0.103. The molecule has 0 amide bonds. The molecule has 1 heterocycles. The largest absolute Gasteiger partial charge is 0.375 e. The quantitative estimate of drug-likeness (QED) is 0.787. The number of anilines is 1. The second-order valence-electron chi connectivity index (χ2n) is 3.22. The summed E-state index contributed by atoms with van der Waals surface area (Å²) in [5.41, 5.74) is 7.55. The maximum Gasteiger partial charge on any atom is 0.212 e. The van der Waals surface area contributed by atoms with Crippen LogP contribution in [-0.4, -0.2) is 10.8 Å². The highest BCUT2D eigenvalue weighted by molar-refractivity contribution is 7.13. The third-order valence-corrected chi connectivity index (χ3v) is 2.82. The summed E-state index contributed by atoms with van der Waals surface area (Å²) >= 11 is 1.28. The Balaban J connectivity index is 2.41. The fraction of sp³-hybridized carbons (Fsp3) is 0.0909. The Hall–Kier alpha value is -1.68. The van der Waals surface area contributed by atoms with E-state index in [0.29, 0.717) is 16.4 Å². The lowest BCUT2D eigenvalue weighted by atomic mass is 10.0. The fourth-order valence-corrected chi connectivity index (χ4v) is 1.90. The van der Waals surface area contributed by atoms with Gasteiger partial charge in [-0.05, 0) is 12.5 Å². The zero-order chi connectivity index (χ0) is 10.8. The van der Waals surface area contributed by atoms with Gasteiger partial charge in [0.2, 0.25) is 5.78 Å². The van der Waals surface area contributed by atoms with Crippen LogP contribution in [0, 0.1) is 6.92 Å². The zero-order valence-electron chi connectivity index (χ0n) is 8.23. The molecule has 0 radical (unpaired) electrons. The number of thiazole rings is 1. The van der Waals surface area contributed by atoms with Crippen LogP contribution < -0.4 is 5.73 Å². The Labute approximate surface area is 91.6 Å². The Kier molecular flexibility index (Phi) is 2.51. The monoisotopic (exact) mass is 218 g/mol. The van der Waals surface area contributed by atoms with Gasteiger partial charge in [0.05, 0.1) is 0 Å². The van der Waals surface area contributed by atoms with Gasteiger partial charge in [-0.2, -0.15) is 0 Å². The van der Waals surface area contributed by atoms with Crippen molar-refractivity contribution in [3.63, 3.8) is 0 Å². The van der Waals surface area contributed by atoms with Crippen molar-refractivity contribution < 1.29 is 4.79 Å². The van der Waals surface area contributed by atoms with Crippen molar-refractivity contribution in [2.24, 2.45) is 0 Å². The molecule has 0 fully saturated rings. The molecule has 76 valence electrons. The van der Waals surface area contributed by atoms with Gasteiger partial charge in [0.25, 0.3) is 0 Å². The number of carbonyl (C=O) groups is 1. The molecule has 1 aromatic carbocycles. The van der Waals surface area contributed by atoms with Gasteiger partial charge in [-0.25, -0.2) is 4.98 Å². The van der Waals surface area contributed by atoms with E-state index >= 15 is 0 Å². The summed E-state index contributed by atoms with van der Waals surface area (Å²) in [5.74, 6) is -0.0685. The standard InChI is InChI=1S/C11H10N2OS/c1-7-4-2-3-5-8(7)10(14)9-6-15-11(12)13-9/h2-6H,1H3,(H2,12,13). The van der Waals surface area contributed by atoms with Crippen molar-refractivity contribution in [1.82, 2.24) is 4.98 Å². The molecular weight excluding hydrogens is 208 g/mol. The van der Waals surface area contributed by atoms with Crippen LogP contribution >= 0.6 is 11.3 Å². The third kappa shape index (κ3) is 1.89. The topological polar surface area (TPSA) is 56.0 Å². The first-order valence-electron chi connectivity index (χ1n) is 4.50. The van der Waals surface area contributed by atoms with Crippen molar-refractivity contribution in [3.8, 4) is 0 Å². The van der Waals surface area contributed by atoms with Crippen molar-refractivity contribution in [2.45, 2.75) is 6.92 Å². The summed E-state index contributed by atoms with van der Waals surface area (Å²) in [5, 5.41) is 2.11. The third-order valence-electron chi connectivity index (χ3n) is 2.14. The van der Waals surface area contributed by atoms with E-state index in [9.17, 15) is 4.79 Å². The Morgan fingerprint density at radius 1 is 1.40 bits per heavy atom. The van der Waals surface area contributed by atoms with Crippen LogP contribution in [0.2, 0.25) is 0 Å². The van der Waals surface area contributed by atoms with Gasteiger partial charge in [-0.3, -0.25) is 4.79 Å². The van der Waals surface area contributed by atoms with E-state index in [1.165, 1.54) is 11.3 Å². The average molecular weight is 218 g/mol. The second-order valence-corrected chi connectivity index (χ2v) is 4.10. The molecule has 4 heteroatoms. The number of hydrogen-bond acceptors (Lipinski definition) is 4. The molecule has 3 nitrogen and oxygen atoms in total. The lowest BCUT2D eigenvalue weighted by Gasteiger charge is -2.01. The van der Waals surface area contributed by atoms with E-state index in [4.69, 9.17) is 5.73 Å². The summed E-state index contributed by atoms with van der Waals surface area (Å²) in [6, 6.07) is 7.45. The van der Waals surface area contributed by atoms with Gasteiger partial charge in [-0.15, -0.1) is 11.3 Å². The lowest BCUT2D eigenvalue weighted by Crippen LogP contribution is -2.04. The highest BCUT2D eigenvalue weighted by Crippen LogP contribution is 2.17. The second kappa shape index (κ2) is 3.82. The SMILES string of the molecule is Cc1ccccc1C(=O)c1csc(N)n1. The van der Waals surface area contributed by atoms with E-state index in [2.05, 4.69) is 4.98 Å². The van der Waals surface area contributed by atoms with Crippen LogP contribution in [-0.2, 0) is 0 Å². The summed E-state index contributed by atoms with van der Waals surface area (Å²) < 4.78 is 0.